The van der Waals surface area contributed by atoms with Crippen LogP contribution in [0.4, 0.5) is 10.1 Å². The van der Waals surface area contributed by atoms with Crippen LogP contribution in [0.3, 0.4) is 0 Å². The lowest BCUT2D eigenvalue weighted by Gasteiger charge is -2.10. The third kappa shape index (κ3) is 3.54. The normalized spacial score (nSPS) is 12.6. The molecule has 11 heteroatoms. The van der Waals surface area contributed by atoms with Crippen LogP contribution >= 0.6 is 11.8 Å². The summed E-state index contributed by atoms with van der Waals surface area (Å²) in [7, 11) is 0. The van der Waals surface area contributed by atoms with Crippen molar-refractivity contribution < 1.29 is 18.7 Å². The first-order chi connectivity index (χ1) is 15.5. The molecule has 0 radical (unpaired) electrons. The first-order valence-corrected chi connectivity index (χ1v) is 10.9. The molecule has 32 heavy (non-hydrogen) atoms. The van der Waals surface area contributed by atoms with Crippen molar-refractivity contribution in [2.75, 3.05) is 17.9 Å². The summed E-state index contributed by atoms with van der Waals surface area (Å²) in [5, 5.41) is 11.8. The van der Waals surface area contributed by atoms with Crippen molar-refractivity contribution in [2.45, 2.75) is 25.0 Å². The summed E-state index contributed by atoms with van der Waals surface area (Å²) < 4.78 is 27.6. The maximum Gasteiger partial charge on any atom is 0.262 e. The maximum atomic E-state index is 13.8. The van der Waals surface area contributed by atoms with Crippen molar-refractivity contribution in [1.29, 1.82) is 0 Å². The van der Waals surface area contributed by atoms with Crippen LogP contribution in [0, 0.1) is 5.82 Å². The Kier molecular flexibility index (Phi) is 5.17. The van der Waals surface area contributed by atoms with Gasteiger partial charge >= 0.3 is 0 Å². The van der Waals surface area contributed by atoms with Gasteiger partial charge in [0.05, 0.1) is 16.7 Å². The second-order valence-electron chi connectivity index (χ2n) is 7.14. The number of aromatic nitrogens is 4. The highest BCUT2D eigenvalue weighted by atomic mass is 32.2. The number of benzene rings is 2. The number of nitrogens with zero attached hydrogens (tertiary/aromatic N) is 4. The van der Waals surface area contributed by atoms with Crippen LogP contribution in [-0.2, 0) is 11.3 Å². The first-order valence-electron chi connectivity index (χ1n) is 9.94. The van der Waals surface area contributed by atoms with E-state index in [-0.39, 0.29) is 29.4 Å². The molecule has 2 aromatic heterocycles. The predicted octanol–water partition coefficient (Wildman–Crippen LogP) is 3.05. The molecule has 0 bridgehead atoms. The molecule has 1 aliphatic rings. The number of hydrogen-bond donors (Lipinski definition) is 1. The highest BCUT2D eigenvalue weighted by Gasteiger charge is 2.19. The van der Waals surface area contributed by atoms with Crippen LogP contribution in [0.25, 0.3) is 16.7 Å². The quantitative estimate of drug-likeness (QED) is 0.446. The van der Waals surface area contributed by atoms with E-state index in [0.29, 0.717) is 46.6 Å². The van der Waals surface area contributed by atoms with Crippen LogP contribution in [0.5, 0.6) is 11.5 Å². The molecule has 1 N–H and O–H groups in total. The second kappa shape index (κ2) is 8.15. The smallest absolute Gasteiger partial charge is 0.262 e. The Labute approximate surface area is 185 Å². The topological polar surface area (TPSA) is 99.8 Å². The average molecular weight is 455 g/mol. The van der Waals surface area contributed by atoms with Gasteiger partial charge in [-0.15, -0.1) is 10.2 Å². The molecule has 0 atom stereocenters. The van der Waals surface area contributed by atoms with Crippen molar-refractivity contribution in [3.05, 3.63) is 52.6 Å². The number of anilines is 1. The van der Waals surface area contributed by atoms with Crippen molar-refractivity contribution in [1.82, 2.24) is 19.2 Å². The molecule has 0 saturated carbocycles. The second-order valence-corrected chi connectivity index (χ2v) is 8.08. The molecule has 0 unspecified atom stereocenters. The van der Waals surface area contributed by atoms with E-state index in [0.717, 1.165) is 0 Å². The molecule has 0 fully saturated rings. The first kappa shape index (κ1) is 20.3. The van der Waals surface area contributed by atoms with Crippen LogP contribution in [-0.4, -0.2) is 37.6 Å². The molecule has 2 aromatic carbocycles. The lowest BCUT2D eigenvalue weighted by atomic mass is 10.2. The fourth-order valence-electron chi connectivity index (χ4n) is 3.58. The Hall–Kier alpha value is -3.60. The number of rotatable bonds is 6. The van der Waals surface area contributed by atoms with Crippen molar-refractivity contribution in [3.8, 4) is 11.5 Å². The van der Waals surface area contributed by atoms with Gasteiger partial charge in [0.1, 0.15) is 5.82 Å². The van der Waals surface area contributed by atoms with Crippen molar-refractivity contribution in [3.63, 3.8) is 0 Å². The van der Waals surface area contributed by atoms with E-state index in [9.17, 15) is 14.0 Å². The summed E-state index contributed by atoms with van der Waals surface area (Å²) in [6, 6.07) is 9.18. The molecule has 0 spiro atoms. The minimum absolute atomic E-state index is 0.0603. The molecule has 1 amide bonds. The highest BCUT2D eigenvalue weighted by molar-refractivity contribution is 7.99. The van der Waals surface area contributed by atoms with Gasteiger partial charge in [-0.25, -0.2) is 4.39 Å². The molecular weight excluding hydrogens is 437 g/mol. The number of ether oxygens (including phenoxy) is 2. The van der Waals surface area contributed by atoms with E-state index in [1.807, 2.05) is 6.92 Å². The number of aryl methyl sites for hydroxylation is 1. The molecule has 1 aliphatic heterocycles. The van der Waals surface area contributed by atoms with E-state index < -0.39 is 5.82 Å². The number of carbonyl (C=O) groups excluding carboxylic acids is 1. The van der Waals surface area contributed by atoms with Gasteiger partial charge in [-0.3, -0.25) is 18.6 Å². The Morgan fingerprint density at radius 3 is 2.88 bits per heavy atom. The molecule has 0 aliphatic carbocycles. The zero-order chi connectivity index (χ0) is 22.2. The molecule has 4 aromatic rings. The van der Waals surface area contributed by atoms with Crippen molar-refractivity contribution in [2.24, 2.45) is 0 Å². The summed E-state index contributed by atoms with van der Waals surface area (Å²) in [6.07, 6.45) is 0.698. The third-order valence-corrected chi connectivity index (χ3v) is 5.90. The van der Waals surface area contributed by atoms with Crippen LogP contribution in [0.1, 0.15) is 13.3 Å². The fourth-order valence-corrected chi connectivity index (χ4v) is 4.32. The molecule has 164 valence electrons. The maximum absolute atomic E-state index is 13.8. The van der Waals surface area contributed by atoms with Crippen molar-refractivity contribution >= 4 is 40.0 Å². The molecule has 5 rings (SSSR count). The van der Waals surface area contributed by atoms with Gasteiger partial charge < -0.3 is 14.8 Å². The third-order valence-electron chi connectivity index (χ3n) is 4.97. The van der Waals surface area contributed by atoms with Crippen LogP contribution in [0.15, 0.2) is 46.3 Å². The standard InChI is InChI=1S/C21H18FN5O4S/c1-2-7-26-19(29)14-8-12(22)3-5-15(14)27-20(26)24-25-21(27)32-10-18(28)23-13-4-6-16-17(9-13)31-11-30-16/h3-6,8-9H,2,7,10-11H2,1H3,(H,23,28). The number of amides is 1. The number of nitrogens with one attached hydrogen (secondary N) is 1. The van der Waals surface area contributed by atoms with Gasteiger partial charge in [-0.05, 0) is 36.8 Å². The summed E-state index contributed by atoms with van der Waals surface area (Å²) in [5.41, 5.74) is 0.754. The summed E-state index contributed by atoms with van der Waals surface area (Å²) in [4.78, 5) is 25.4. The number of halogens is 1. The summed E-state index contributed by atoms with van der Waals surface area (Å²) in [5.74, 6) is 0.880. The number of fused-ring (bicyclic) bond motifs is 4. The van der Waals surface area contributed by atoms with Gasteiger partial charge in [0.25, 0.3) is 5.56 Å². The van der Waals surface area contributed by atoms with Gasteiger partial charge in [0, 0.05) is 18.3 Å². The van der Waals surface area contributed by atoms with Crippen LogP contribution in [0.2, 0.25) is 0 Å². The Morgan fingerprint density at radius 1 is 1.19 bits per heavy atom. The van der Waals surface area contributed by atoms with E-state index in [2.05, 4.69) is 15.5 Å². The minimum Gasteiger partial charge on any atom is -0.454 e. The van der Waals surface area contributed by atoms with Gasteiger partial charge in [-0.2, -0.15) is 0 Å². The average Bonchev–Trinajstić information content (AvgIpc) is 3.42. The fraction of sp³-hybridized carbons (Fsp3) is 0.238. The van der Waals surface area contributed by atoms with Gasteiger partial charge in [0.2, 0.25) is 18.5 Å². The molecular formula is C21H18FN5O4S. The predicted molar refractivity (Wildman–Crippen MR) is 117 cm³/mol. The Balaban J connectivity index is 1.44. The van der Waals surface area contributed by atoms with E-state index >= 15 is 0 Å². The Bertz CT molecular complexity index is 1420. The zero-order valence-corrected chi connectivity index (χ0v) is 17.8. The SMILES string of the molecule is CCCn1c(=O)c2cc(F)ccc2n2c(SCC(=O)Nc3ccc4c(c3)OCO4)nnc12. The molecule has 0 saturated heterocycles. The number of hydrogen-bond acceptors (Lipinski definition) is 7. The van der Waals surface area contributed by atoms with E-state index in [1.165, 1.54) is 34.5 Å². The zero-order valence-electron chi connectivity index (χ0n) is 17.0. The van der Waals surface area contributed by atoms with Gasteiger partial charge in [0.15, 0.2) is 16.7 Å². The lowest BCUT2D eigenvalue weighted by Crippen LogP contribution is -2.23. The molecule has 9 nitrogen and oxygen atoms in total. The Morgan fingerprint density at radius 2 is 2.03 bits per heavy atom. The van der Waals surface area contributed by atoms with E-state index in [4.69, 9.17) is 9.47 Å². The van der Waals surface area contributed by atoms with Crippen LogP contribution < -0.4 is 20.3 Å². The number of carbonyl (C=O) groups is 1. The highest BCUT2D eigenvalue weighted by Crippen LogP contribution is 2.34. The van der Waals surface area contributed by atoms with Gasteiger partial charge in [-0.1, -0.05) is 18.7 Å². The lowest BCUT2D eigenvalue weighted by molar-refractivity contribution is -0.113. The molecule has 3 heterocycles. The minimum atomic E-state index is -0.498. The largest absolute Gasteiger partial charge is 0.454 e. The monoisotopic (exact) mass is 455 g/mol. The van der Waals surface area contributed by atoms with E-state index in [1.54, 1.807) is 22.6 Å². The number of thioether (sulfide) groups is 1. The summed E-state index contributed by atoms with van der Waals surface area (Å²) >= 11 is 1.17. The summed E-state index contributed by atoms with van der Waals surface area (Å²) in [6.45, 7) is 2.51.